The summed E-state index contributed by atoms with van der Waals surface area (Å²) in [6, 6.07) is 23.5. The molecule has 0 aliphatic carbocycles. The van der Waals surface area contributed by atoms with Crippen LogP contribution in [-0.4, -0.2) is 18.0 Å². The van der Waals surface area contributed by atoms with Crippen LogP contribution in [0, 0.1) is 0 Å². The number of nitrogens with one attached hydrogen (secondary N) is 3. The molecule has 0 spiro atoms. The van der Waals surface area contributed by atoms with Crippen molar-refractivity contribution in [3.05, 3.63) is 95.0 Å². The average molecular weight is 406 g/mol. The Morgan fingerprint density at radius 3 is 2.52 bits per heavy atom. The number of urea groups is 1. The van der Waals surface area contributed by atoms with Crippen molar-refractivity contribution in [2.75, 3.05) is 10.6 Å². The van der Waals surface area contributed by atoms with Gasteiger partial charge in [0.1, 0.15) is 6.04 Å². The zero-order chi connectivity index (χ0) is 20.2. The van der Waals surface area contributed by atoms with Crippen LogP contribution >= 0.6 is 11.6 Å². The second-order valence-electron chi connectivity index (χ2n) is 6.94. The second-order valence-corrected chi connectivity index (χ2v) is 7.37. The minimum Gasteiger partial charge on any atom is -0.326 e. The Bertz CT molecular complexity index is 1040. The van der Waals surface area contributed by atoms with E-state index < -0.39 is 12.1 Å². The van der Waals surface area contributed by atoms with Gasteiger partial charge in [-0.25, -0.2) is 4.79 Å². The molecule has 6 heteroatoms. The van der Waals surface area contributed by atoms with E-state index in [4.69, 9.17) is 11.6 Å². The van der Waals surface area contributed by atoms with Crippen LogP contribution in [0.15, 0.2) is 78.9 Å². The molecular weight excluding hydrogens is 386 g/mol. The van der Waals surface area contributed by atoms with Gasteiger partial charge >= 0.3 is 6.03 Å². The molecular formula is C23H20ClN3O2. The summed E-state index contributed by atoms with van der Waals surface area (Å²) in [6.45, 7) is 0. The molecule has 0 radical (unpaired) electrons. The second kappa shape index (κ2) is 8.37. The van der Waals surface area contributed by atoms with Crippen LogP contribution in [0.1, 0.15) is 23.5 Å². The van der Waals surface area contributed by atoms with Crippen molar-refractivity contribution < 1.29 is 9.59 Å². The molecule has 3 aromatic carbocycles. The maximum absolute atomic E-state index is 12.8. The number of hydrogen-bond donors (Lipinski definition) is 3. The maximum atomic E-state index is 12.8. The van der Waals surface area contributed by atoms with Crippen molar-refractivity contribution in [3.8, 4) is 0 Å². The molecule has 2 unspecified atom stereocenters. The van der Waals surface area contributed by atoms with Gasteiger partial charge in [-0.2, -0.15) is 0 Å². The molecule has 4 rings (SSSR count). The molecule has 1 aliphatic rings. The van der Waals surface area contributed by atoms with Crippen LogP contribution in [0.2, 0.25) is 5.02 Å². The lowest BCUT2D eigenvalue weighted by Crippen LogP contribution is -2.45. The van der Waals surface area contributed by atoms with Gasteiger partial charge < -0.3 is 16.0 Å². The van der Waals surface area contributed by atoms with Crippen LogP contribution in [0.4, 0.5) is 16.2 Å². The molecule has 3 N–H and O–H groups in total. The summed E-state index contributed by atoms with van der Waals surface area (Å²) in [5.74, 6) is -0.264. The molecule has 0 aromatic heterocycles. The monoisotopic (exact) mass is 405 g/mol. The third-order valence-electron chi connectivity index (χ3n) is 4.97. The third kappa shape index (κ3) is 4.41. The van der Waals surface area contributed by atoms with E-state index in [1.54, 1.807) is 24.3 Å². The molecule has 0 saturated heterocycles. The van der Waals surface area contributed by atoms with Gasteiger partial charge in [0.2, 0.25) is 5.91 Å². The summed E-state index contributed by atoms with van der Waals surface area (Å²) in [6.07, 6.45) is 0.454. The molecule has 1 heterocycles. The Morgan fingerprint density at radius 1 is 0.966 bits per heavy atom. The zero-order valence-electron chi connectivity index (χ0n) is 15.6. The Balaban J connectivity index is 1.58. The molecule has 3 aromatic rings. The van der Waals surface area contributed by atoms with Gasteiger partial charge in [-0.05, 0) is 41.8 Å². The number of hydrogen-bond acceptors (Lipinski definition) is 2. The summed E-state index contributed by atoms with van der Waals surface area (Å²) >= 11 is 5.97. The van der Waals surface area contributed by atoms with Crippen LogP contribution in [0.3, 0.4) is 0 Å². The maximum Gasteiger partial charge on any atom is 0.319 e. The summed E-state index contributed by atoms with van der Waals surface area (Å²) < 4.78 is 0. The van der Waals surface area contributed by atoms with Gasteiger partial charge in [-0.1, -0.05) is 66.2 Å². The van der Waals surface area contributed by atoms with E-state index in [-0.39, 0.29) is 11.8 Å². The molecule has 0 bridgehead atoms. The summed E-state index contributed by atoms with van der Waals surface area (Å²) in [7, 11) is 0. The molecule has 3 amide bonds. The summed E-state index contributed by atoms with van der Waals surface area (Å²) in [4.78, 5) is 25.3. The predicted molar refractivity (Wildman–Crippen MR) is 115 cm³/mol. The number of fused-ring (bicyclic) bond motifs is 1. The molecule has 0 saturated carbocycles. The quantitative estimate of drug-likeness (QED) is 0.573. The Morgan fingerprint density at radius 2 is 1.72 bits per heavy atom. The number of halogens is 1. The number of benzene rings is 3. The Labute approximate surface area is 174 Å². The molecule has 146 valence electrons. The van der Waals surface area contributed by atoms with Crippen LogP contribution in [0.25, 0.3) is 0 Å². The highest BCUT2D eigenvalue weighted by Gasteiger charge is 2.31. The fraction of sp³-hybridized carbons (Fsp3) is 0.130. The highest BCUT2D eigenvalue weighted by molar-refractivity contribution is 6.30. The number of anilines is 2. The van der Waals surface area contributed by atoms with E-state index in [0.29, 0.717) is 17.1 Å². The lowest BCUT2D eigenvalue weighted by molar-refractivity contribution is -0.118. The van der Waals surface area contributed by atoms with Crippen molar-refractivity contribution in [1.29, 1.82) is 0 Å². The zero-order valence-corrected chi connectivity index (χ0v) is 16.3. The van der Waals surface area contributed by atoms with Gasteiger partial charge in [-0.3, -0.25) is 4.79 Å². The van der Waals surface area contributed by atoms with Crippen molar-refractivity contribution in [3.63, 3.8) is 0 Å². The van der Waals surface area contributed by atoms with Crippen molar-refractivity contribution in [2.24, 2.45) is 0 Å². The first-order chi connectivity index (χ1) is 14.1. The van der Waals surface area contributed by atoms with Gasteiger partial charge in [0.25, 0.3) is 0 Å². The van der Waals surface area contributed by atoms with Gasteiger partial charge in [-0.15, -0.1) is 0 Å². The first-order valence-electron chi connectivity index (χ1n) is 9.38. The Kier molecular flexibility index (Phi) is 5.49. The fourth-order valence-corrected chi connectivity index (χ4v) is 3.81. The normalized spacial score (nSPS) is 18.2. The smallest absolute Gasteiger partial charge is 0.319 e. The summed E-state index contributed by atoms with van der Waals surface area (Å²) in [5, 5.41) is 9.01. The number of para-hydroxylation sites is 1. The van der Waals surface area contributed by atoms with Crippen LogP contribution < -0.4 is 16.0 Å². The van der Waals surface area contributed by atoms with Crippen molar-refractivity contribution >= 4 is 34.9 Å². The van der Waals surface area contributed by atoms with E-state index in [2.05, 4.69) is 16.0 Å². The standard InChI is InChI=1S/C23H20ClN3O2/c24-16-9-6-10-17(13-16)25-23(29)27-21-14-19(15-7-2-1-3-8-15)18-11-4-5-12-20(18)26-22(21)28/h1-13,19,21H,14H2,(H,26,28)(H2,25,27,29). The van der Waals surface area contributed by atoms with Gasteiger partial charge in [0.15, 0.2) is 0 Å². The minimum atomic E-state index is -0.688. The van der Waals surface area contributed by atoms with Crippen LogP contribution in [0.5, 0.6) is 0 Å². The number of rotatable bonds is 3. The van der Waals surface area contributed by atoms with E-state index >= 15 is 0 Å². The van der Waals surface area contributed by atoms with Gasteiger partial charge in [0, 0.05) is 22.3 Å². The SMILES string of the molecule is O=C(Nc1cccc(Cl)c1)NC1CC(c2ccccc2)c2ccccc2NC1=O. The first-order valence-corrected chi connectivity index (χ1v) is 9.76. The Hall–Kier alpha value is -3.31. The van der Waals surface area contributed by atoms with Crippen molar-refractivity contribution in [2.45, 2.75) is 18.4 Å². The molecule has 29 heavy (non-hydrogen) atoms. The fourth-order valence-electron chi connectivity index (χ4n) is 3.62. The van der Waals surface area contributed by atoms with E-state index in [1.165, 1.54) is 0 Å². The summed E-state index contributed by atoms with van der Waals surface area (Å²) in [5.41, 5.74) is 3.46. The third-order valence-corrected chi connectivity index (χ3v) is 5.21. The minimum absolute atomic E-state index is 0.0252. The molecule has 1 aliphatic heterocycles. The first kappa shape index (κ1) is 19.0. The van der Waals surface area contributed by atoms with Crippen LogP contribution in [-0.2, 0) is 4.79 Å². The number of carbonyl (C=O) groups is 2. The average Bonchev–Trinajstić information content (AvgIpc) is 2.85. The van der Waals surface area contributed by atoms with Crippen molar-refractivity contribution in [1.82, 2.24) is 5.32 Å². The van der Waals surface area contributed by atoms with E-state index in [9.17, 15) is 9.59 Å². The molecule has 0 fully saturated rings. The topological polar surface area (TPSA) is 70.2 Å². The lowest BCUT2D eigenvalue weighted by Gasteiger charge is -2.21. The van der Waals surface area contributed by atoms with E-state index in [0.717, 1.165) is 16.8 Å². The van der Waals surface area contributed by atoms with Gasteiger partial charge in [0.05, 0.1) is 0 Å². The largest absolute Gasteiger partial charge is 0.326 e. The molecule has 5 nitrogen and oxygen atoms in total. The molecule has 2 atom stereocenters. The number of amides is 3. The number of carbonyl (C=O) groups excluding carboxylic acids is 2. The predicted octanol–water partition coefficient (Wildman–Crippen LogP) is 5.00. The van der Waals surface area contributed by atoms with E-state index in [1.807, 2.05) is 54.6 Å². The highest BCUT2D eigenvalue weighted by atomic mass is 35.5. The lowest BCUT2D eigenvalue weighted by atomic mass is 9.86. The highest BCUT2D eigenvalue weighted by Crippen LogP contribution is 2.36.